The van der Waals surface area contributed by atoms with Crippen molar-refractivity contribution in [2.45, 2.75) is 83.6 Å². The second kappa shape index (κ2) is 9.90. The van der Waals surface area contributed by atoms with Gasteiger partial charge in [-0.05, 0) is 43.7 Å². The van der Waals surface area contributed by atoms with Gasteiger partial charge in [0.15, 0.2) is 0 Å². The third-order valence-electron chi connectivity index (χ3n) is 6.53. The molecule has 2 aliphatic carbocycles. The first-order chi connectivity index (χ1) is 13.9. The zero-order chi connectivity index (χ0) is 21.0. The van der Waals surface area contributed by atoms with Gasteiger partial charge in [0.2, 0.25) is 0 Å². The van der Waals surface area contributed by atoms with Gasteiger partial charge in [0.1, 0.15) is 12.2 Å². The Hall–Kier alpha value is -1.66. The number of allylic oxidation sites excluding steroid dienone is 2. The van der Waals surface area contributed by atoms with E-state index in [0.29, 0.717) is 25.3 Å². The Bertz CT molecular complexity index is 658. The standard InChI is InChI=1S/C23H35NO5/c1-4-14(2)23(27)29-19-7-5-6-16-9-8-15(3)22(21(16)19)24-11-10-18-12-17(25)13-20(26)28-18/h6,8-9,14-15,17-19,21-22,24-25H,4-5,7,10-13H2,1-3H3/t14-,15-,17+,18+,19-,21+,22-/m0/s1. The molecule has 6 heteroatoms. The lowest BCUT2D eigenvalue weighted by molar-refractivity contribution is -0.160. The molecule has 1 fully saturated rings. The first-order valence-corrected chi connectivity index (χ1v) is 11.1. The first kappa shape index (κ1) is 22.0. The summed E-state index contributed by atoms with van der Waals surface area (Å²) in [6.07, 6.45) is 9.49. The van der Waals surface area contributed by atoms with Crippen LogP contribution in [0.2, 0.25) is 0 Å². The van der Waals surface area contributed by atoms with Crippen LogP contribution in [0.3, 0.4) is 0 Å². The Morgan fingerprint density at radius 3 is 2.97 bits per heavy atom. The van der Waals surface area contributed by atoms with Crippen LogP contribution in [0.4, 0.5) is 0 Å². The van der Waals surface area contributed by atoms with E-state index in [1.165, 1.54) is 5.57 Å². The molecule has 0 saturated carbocycles. The van der Waals surface area contributed by atoms with Crippen LogP contribution in [0.1, 0.15) is 59.3 Å². The molecule has 6 nitrogen and oxygen atoms in total. The summed E-state index contributed by atoms with van der Waals surface area (Å²) in [5, 5.41) is 13.4. The minimum absolute atomic E-state index is 0.0836. The Morgan fingerprint density at radius 2 is 2.24 bits per heavy atom. The second-order valence-corrected chi connectivity index (χ2v) is 8.78. The molecule has 162 valence electrons. The molecular formula is C23H35NO5. The van der Waals surface area contributed by atoms with Crippen LogP contribution in [0.15, 0.2) is 23.8 Å². The smallest absolute Gasteiger partial charge is 0.308 e. The number of aliphatic hydroxyl groups excluding tert-OH is 1. The fraction of sp³-hybridized carbons (Fsp3) is 0.739. The molecular weight excluding hydrogens is 370 g/mol. The van der Waals surface area contributed by atoms with Crippen molar-refractivity contribution in [1.82, 2.24) is 5.32 Å². The fourth-order valence-corrected chi connectivity index (χ4v) is 4.60. The number of fused-ring (bicyclic) bond motifs is 1. The van der Waals surface area contributed by atoms with Crippen LogP contribution in [-0.4, -0.2) is 47.9 Å². The maximum atomic E-state index is 12.4. The maximum absolute atomic E-state index is 12.4. The summed E-state index contributed by atoms with van der Waals surface area (Å²) in [5.41, 5.74) is 1.24. The van der Waals surface area contributed by atoms with E-state index in [2.05, 4.69) is 30.5 Å². The molecule has 0 aromatic carbocycles. The van der Waals surface area contributed by atoms with Crippen LogP contribution >= 0.6 is 0 Å². The average molecular weight is 406 g/mol. The number of aliphatic hydroxyl groups is 1. The highest BCUT2D eigenvalue weighted by molar-refractivity contribution is 5.72. The Labute approximate surface area is 173 Å². The van der Waals surface area contributed by atoms with E-state index >= 15 is 0 Å². The molecule has 7 atom stereocenters. The average Bonchev–Trinajstić information content (AvgIpc) is 2.68. The minimum Gasteiger partial charge on any atom is -0.462 e. The van der Waals surface area contributed by atoms with Crippen molar-refractivity contribution >= 4 is 11.9 Å². The van der Waals surface area contributed by atoms with Crippen LogP contribution < -0.4 is 5.32 Å². The molecule has 0 radical (unpaired) electrons. The van der Waals surface area contributed by atoms with Gasteiger partial charge < -0.3 is 19.9 Å². The van der Waals surface area contributed by atoms with Crippen LogP contribution in [-0.2, 0) is 19.1 Å². The zero-order valence-electron chi connectivity index (χ0n) is 17.8. The van der Waals surface area contributed by atoms with E-state index in [9.17, 15) is 14.7 Å². The summed E-state index contributed by atoms with van der Waals surface area (Å²) in [5.74, 6) is -0.0735. The molecule has 0 bridgehead atoms. The number of nitrogens with one attached hydrogen (secondary N) is 1. The molecule has 1 saturated heterocycles. The van der Waals surface area contributed by atoms with Crippen molar-refractivity contribution in [2.24, 2.45) is 17.8 Å². The van der Waals surface area contributed by atoms with Gasteiger partial charge in [-0.15, -0.1) is 0 Å². The van der Waals surface area contributed by atoms with Crippen molar-refractivity contribution in [2.75, 3.05) is 6.54 Å². The second-order valence-electron chi connectivity index (χ2n) is 8.78. The number of ether oxygens (including phenoxy) is 2. The number of cyclic esters (lactones) is 1. The summed E-state index contributed by atoms with van der Waals surface area (Å²) in [4.78, 5) is 24.0. The van der Waals surface area contributed by atoms with Crippen LogP contribution in [0, 0.1) is 17.8 Å². The summed E-state index contributed by atoms with van der Waals surface area (Å²) in [6.45, 7) is 6.78. The summed E-state index contributed by atoms with van der Waals surface area (Å²) >= 11 is 0. The van der Waals surface area contributed by atoms with Crippen molar-refractivity contribution in [3.8, 4) is 0 Å². The highest BCUT2D eigenvalue weighted by atomic mass is 16.5. The lowest BCUT2D eigenvalue weighted by Gasteiger charge is -2.42. The molecule has 0 amide bonds. The van der Waals surface area contributed by atoms with Crippen LogP contribution in [0.5, 0.6) is 0 Å². The molecule has 1 heterocycles. The molecule has 2 N–H and O–H groups in total. The minimum atomic E-state index is -0.602. The first-order valence-electron chi connectivity index (χ1n) is 11.1. The van der Waals surface area contributed by atoms with Gasteiger partial charge in [0.25, 0.3) is 0 Å². The van der Waals surface area contributed by atoms with E-state index < -0.39 is 6.10 Å². The van der Waals surface area contributed by atoms with Gasteiger partial charge in [-0.3, -0.25) is 9.59 Å². The highest BCUT2D eigenvalue weighted by Crippen LogP contribution is 2.38. The molecule has 3 rings (SSSR count). The quantitative estimate of drug-likeness (QED) is 0.634. The number of hydrogen-bond acceptors (Lipinski definition) is 6. The fourth-order valence-electron chi connectivity index (χ4n) is 4.60. The topological polar surface area (TPSA) is 84.9 Å². The zero-order valence-corrected chi connectivity index (χ0v) is 17.8. The molecule has 0 aromatic heterocycles. The Balaban J connectivity index is 1.63. The van der Waals surface area contributed by atoms with Gasteiger partial charge >= 0.3 is 11.9 Å². The van der Waals surface area contributed by atoms with E-state index in [1.807, 2.05) is 13.8 Å². The molecule has 29 heavy (non-hydrogen) atoms. The van der Waals surface area contributed by atoms with Gasteiger partial charge in [-0.2, -0.15) is 0 Å². The number of carbonyl (C=O) groups is 2. The predicted molar refractivity (Wildman–Crippen MR) is 110 cm³/mol. The Kier molecular flexibility index (Phi) is 7.52. The largest absolute Gasteiger partial charge is 0.462 e. The van der Waals surface area contributed by atoms with Crippen molar-refractivity contribution in [3.05, 3.63) is 23.8 Å². The molecule has 0 spiro atoms. The summed E-state index contributed by atoms with van der Waals surface area (Å²) < 4.78 is 11.3. The maximum Gasteiger partial charge on any atom is 0.308 e. The molecule has 1 aliphatic heterocycles. The predicted octanol–water partition coefficient (Wildman–Crippen LogP) is 2.90. The number of rotatable bonds is 7. The van der Waals surface area contributed by atoms with Crippen molar-refractivity contribution in [1.29, 1.82) is 0 Å². The normalized spacial score (nSPS) is 35.3. The highest BCUT2D eigenvalue weighted by Gasteiger charge is 2.40. The number of hydrogen-bond donors (Lipinski definition) is 2. The summed E-state index contributed by atoms with van der Waals surface area (Å²) in [6, 6.07) is 0.158. The van der Waals surface area contributed by atoms with E-state index in [-0.39, 0.29) is 48.4 Å². The Morgan fingerprint density at radius 1 is 1.45 bits per heavy atom. The lowest BCUT2D eigenvalue weighted by atomic mass is 9.72. The number of esters is 2. The SMILES string of the molecule is CC[C@H](C)C(=O)O[C@H]1CCC=C2C=C[C@H](C)[C@H](NCC[C@@H]3C[C@@H](O)CC(=O)O3)[C@H]21. The van der Waals surface area contributed by atoms with E-state index in [4.69, 9.17) is 9.47 Å². The van der Waals surface area contributed by atoms with Gasteiger partial charge in [0, 0.05) is 18.4 Å². The lowest BCUT2D eigenvalue weighted by Crippen LogP contribution is -2.50. The van der Waals surface area contributed by atoms with Crippen molar-refractivity contribution in [3.63, 3.8) is 0 Å². The third-order valence-corrected chi connectivity index (χ3v) is 6.53. The van der Waals surface area contributed by atoms with Gasteiger partial charge in [0.05, 0.1) is 18.4 Å². The van der Waals surface area contributed by atoms with Gasteiger partial charge in [-0.1, -0.05) is 39.0 Å². The van der Waals surface area contributed by atoms with Gasteiger partial charge in [-0.25, -0.2) is 0 Å². The van der Waals surface area contributed by atoms with E-state index in [0.717, 1.165) is 19.3 Å². The molecule has 3 aliphatic rings. The summed E-state index contributed by atoms with van der Waals surface area (Å²) in [7, 11) is 0. The van der Waals surface area contributed by atoms with Crippen molar-refractivity contribution < 1.29 is 24.2 Å². The monoisotopic (exact) mass is 405 g/mol. The van der Waals surface area contributed by atoms with E-state index in [1.54, 1.807) is 0 Å². The molecule has 0 aromatic rings. The third kappa shape index (κ3) is 5.48. The molecule has 0 unspecified atom stereocenters. The van der Waals surface area contributed by atoms with Crippen LogP contribution in [0.25, 0.3) is 0 Å². The number of carbonyl (C=O) groups excluding carboxylic acids is 2.